The Labute approximate surface area is 144 Å². The highest BCUT2D eigenvalue weighted by Crippen LogP contribution is 2.39. The molecule has 3 N–H and O–H groups in total. The molecular formula is C20H28N4. The van der Waals surface area contributed by atoms with E-state index in [4.69, 9.17) is 4.99 Å². The Morgan fingerprint density at radius 1 is 1.00 bits per heavy atom. The first-order chi connectivity index (χ1) is 11.9. The Morgan fingerprint density at radius 3 is 2.46 bits per heavy atom. The number of rotatable bonds is 2. The van der Waals surface area contributed by atoms with Crippen molar-refractivity contribution in [2.24, 2.45) is 4.99 Å². The first-order valence-corrected chi connectivity index (χ1v) is 9.17. The van der Waals surface area contributed by atoms with Crippen molar-refractivity contribution in [3.05, 3.63) is 48.3 Å². The number of aromatic amines is 1. The number of amidine groups is 1. The monoisotopic (exact) mass is 324 g/mol. The predicted octanol–water partition coefficient (Wildman–Crippen LogP) is 5.18. The second-order valence-electron chi connectivity index (χ2n) is 6.32. The van der Waals surface area contributed by atoms with Gasteiger partial charge in [-0.3, -0.25) is 4.99 Å². The maximum absolute atomic E-state index is 4.92. The summed E-state index contributed by atoms with van der Waals surface area (Å²) in [5, 5.41) is 7.39. The van der Waals surface area contributed by atoms with Gasteiger partial charge < -0.3 is 15.6 Å². The van der Waals surface area contributed by atoms with Crippen molar-refractivity contribution < 1.29 is 0 Å². The van der Waals surface area contributed by atoms with E-state index in [0.717, 1.165) is 30.9 Å². The Bertz CT molecular complexity index is 667. The number of aromatic nitrogens is 1. The lowest BCUT2D eigenvalue weighted by atomic mass is 9.79. The largest absolute Gasteiger partial charge is 0.371 e. The lowest BCUT2D eigenvalue weighted by Gasteiger charge is -2.44. The molecule has 24 heavy (non-hydrogen) atoms. The normalized spacial score (nSPS) is 19.7. The second kappa shape index (κ2) is 7.56. The Morgan fingerprint density at radius 2 is 1.75 bits per heavy atom. The third-order valence-corrected chi connectivity index (χ3v) is 4.80. The number of benzene rings is 1. The first-order valence-electron chi connectivity index (χ1n) is 9.17. The summed E-state index contributed by atoms with van der Waals surface area (Å²) in [6.45, 7) is 4.72. The molecular weight excluding hydrogens is 296 g/mol. The number of anilines is 2. The van der Waals surface area contributed by atoms with Gasteiger partial charge in [0, 0.05) is 12.4 Å². The van der Waals surface area contributed by atoms with E-state index in [1.807, 2.05) is 26.2 Å². The van der Waals surface area contributed by atoms with Crippen LogP contribution in [0.2, 0.25) is 0 Å². The fraction of sp³-hybridized carbons (Fsp3) is 0.450. The molecule has 1 aliphatic carbocycles. The second-order valence-corrected chi connectivity index (χ2v) is 6.32. The molecule has 0 unspecified atom stereocenters. The van der Waals surface area contributed by atoms with E-state index in [9.17, 15) is 0 Å². The third kappa shape index (κ3) is 3.32. The topological polar surface area (TPSA) is 52.2 Å². The highest BCUT2D eigenvalue weighted by Gasteiger charge is 2.40. The Kier molecular flexibility index (Phi) is 5.24. The van der Waals surface area contributed by atoms with Crippen LogP contribution >= 0.6 is 0 Å². The van der Waals surface area contributed by atoms with E-state index >= 15 is 0 Å². The minimum atomic E-state index is -0.0110. The van der Waals surface area contributed by atoms with Crippen LogP contribution in [0.4, 0.5) is 11.4 Å². The summed E-state index contributed by atoms with van der Waals surface area (Å²) < 4.78 is 0. The lowest BCUT2D eigenvalue weighted by Crippen LogP contribution is -2.53. The molecule has 4 nitrogen and oxygen atoms in total. The van der Waals surface area contributed by atoms with Crippen molar-refractivity contribution in [2.45, 2.75) is 58.0 Å². The molecule has 2 aromatic rings. The van der Waals surface area contributed by atoms with E-state index in [2.05, 4.69) is 45.9 Å². The molecule has 0 radical (unpaired) electrons. The summed E-state index contributed by atoms with van der Waals surface area (Å²) >= 11 is 0. The van der Waals surface area contributed by atoms with Gasteiger partial charge in [-0.05, 0) is 36.6 Å². The molecule has 1 aliphatic heterocycles. The number of nitrogens with zero attached hydrogens (tertiary/aromatic N) is 1. The number of nitrogens with one attached hydrogen (secondary N) is 3. The number of para-hydroxylation sites is 2. The van der Waals surface area contributed by atoms with Crippen LogP contribution in [0.25, 0.3) is 0 Å². The molecule has 1 fully saturated rings. The van der Waals surface area contributed by atoms with Crippen LogP contribution in [0.15, 0.2) is 47.7 Å². The smallest absolute Gasteiger partial charge is 0.127 e. The van der Waals surface area contributed by atoms with Gasteiger partial charge in [0.15, 0.2) is 0 Å². The number of H-pyrrole nitrogens is 1. The van der Waals surface area contributed by atoms with Gasteiger partial charge in [-0.15, -0.1) is 0 Å². The number of hydrogen-bond acceptors (Lipinski definition) is 2. The summed E-state index contributed by atoms with van der Waals surface area (Å²) in [5.41, 5.74) is 3.54. The van der Waals surface area contributed by atoms with Gasteiger partial charge in [0.25, 0.3) is 0 Å². The molecule has 0 saturated heterocycles. The molecule has 1 saturated carbocycles. The highest BCUT2D eigenvalue weighted by molar-refractivity contribution is 6.09. The molecule has 4 rings (SSSR count). The lowest BCUT2D eigenvalue weighted by molar-refractivity contribution is 0.403. The van der Waals surface area contributed by atoms with Gasteiger partial charge in [-0.25, -0.2) is 0 Å². The molecule has 2 heterocycles. The molecule has 1 spiro atoms. The minimum Gasteiger partial charge on any atom is -0.371 e. The van der Waals surface area contributed by atoms with Gasteiger partial charge in [0.1, 0.15) is 5.84 Å². The maximum atomic E-state index is 4.92. The number of fused-ring (bicyclic) bond motifs is 1. The summed E-state index contributed by atoms with van der Waals surface area (Å²) in [6.07, 6.45) is 10.1. The van der Waals surface area contributed by atoms with E-state index in [1.165, 1.54) is 30.5 Å². The quantitative estimate of drug-likeness (QED) is 0.713. The van der Waals surface area contributed by atoms with Crippen LogP contribution in [0.5, 0.6) is 0 Å². The van der Waals surface area contributed by atoms with E-state index in [0.29, 0.717) is 0 Å². The summed E-state index contributed by atoms with van der Waals surface area (Å²) in [7, 11) is 0. The van der Waals surface area contributed by atoms with E-state index in [1.54, 1.807) is 0 Å². The minimum absolute atomic E-state index is 0.0110. The summed E-state index contributed by atoms with van der Waals surface area (Å²) in [6, 6.07) is 10.5. The molecule has 1 aromatic carbocycles. The first kappa shape index (κ1) is 16.6. The van der Waals surface area contributed by atoms with Crippen LogP contribution in [0, 0.1) is 0 Å². The third-order valence-electron chi connectivity index (χ3n) is 4.80. The van der Waals surface area contributed by atoms with E-state index < -0.39 is 0 Å². The molecule has 0 bridgehead atoms. The average molecular weight is 324 g/mol. The SMILES string of the molecule is CC.c1ccc2c(c1)NC(=NCc1cc[nH]c1)C1(CCCCC1)N2. The van der Waals surface area contributed by atoms with Crippen LogP contribution in [-0.2, 0) is 6.54 Å². The maximum Gasteiger partial charge on any atom is 0.127 e. The zero-order chi connectivity index (χ0) is 16.8. The molecule has 1 aromatic heterocycles. The van der Waals surface area contributed by atoms with Gasteiger partial charge in [-0.2, -0.15) is 0 Å². The van der Waals surface area contributed by atoms with Crippen LogP contribution in [-0.4, -0.2) is 16.4 Å². The number of hydrogen-bond donors (Lipinski definition) is 3. The number of aliphatic imine (C=N–C) groups is 1. The van der Waals surface area contributed by atoms with Crippen molar-refractivity contribution in [3.63, 3.8) is 0 Å². The standard InChI is InChI=1S/C18H22N4.C2H6/c1-4-9-18(10-5-1)17(20-13-14-8-11-19-12-14)21-15-6-2-3-7-16(15)22-18;1-2/h2-3,6-8,11-12,19,22H,1,4-5,9-10,13H2,(H,20,21);1-2H3. The fourth-order valence-electron chi connectivity index (χ4n) is 3.60. The Hall–Kier alpha value is -2.23. The van der Waals surface area contributed by atoms with Crippen molar-refractivity contribution in [3.8, 4) is 0 Å². The average Bonchev–Trinajstić information content (AvgIpc) is 3.16. The van der Waals surface area contributed by atoms with Crippen molar-refractivity contribution in [1.82, 2.24) is 4.98 Å². The van der Waals surface area contributed by atoms with Gasteiger partial charge in [0.2, 0.25) is 0 Å². The van der Waals surface area contributed by atoms with Gasteiger partial charge in [-0.1, -0.05) is 45.2 Å². The summed E-state index contributed by atoms with van der Waals surface area (Å²) in [4.78, 5) is 8.02. The van der Waals surface area contributed by atoms with E-state index in [-0.39, 0.29) is 5.54 Å². The van der Waals surface area contributed by atoms with Crippen molar-refractivity contribution in [2.75, 3.05) is 10.6 Å². The summed E-state index contributed by atoms with van der Waals surface area (Å²) in [5.74, 6) is 1.10. The molecule has 128 valence electrons. The van der Waals surface area contributed by atoms with Gasteiger partial charge >= 0.3 is 0 Å². The zero-order valence-electron chi connectivity index (χ0n) is 14.7. The van der Waals surface area contributed by atoms with Gasteiger partial charge in [0.05, 0.1) is 23.5 Å². The highest BCUT2D eigenvalue weighted by atomic mass is 15.2. The molecule has 4 heteroatoms. The molecule has 2 aliphatic rings. The van der Waals surface area contributed by atoms with Crippen LogP contribution in [0.3, 0.4) is 0 Å². The Balaban J connectivity index is 0.000000815. The molecule has 0 atom stereocenters. The molecule has 0 amide bonds. The zero-order valence-corrected chi connectivity index (χ0v) is 14.7. The van der Waals surface area contributed by atoms with Crippen molar-refractivity contribution >= 4 is 17.2 Å². The fourth-order valence-corrected chi connectivity index (χ4v) is 3.60. The van der Waals surface area contributed by atoms with Crippen LogP contribution < -0.4 is 10.6 Å². The van der Waals surface area contributed by atoms with Crippen molar-refractivity contribution in [1.29, 1.82) is 0 Å². The van der Waals surface area contributed by atoms with Crippen LogP contribution in [0.1, 0.15) is 51.5 Å². The predicted molar refractivity (Wildman–Crippen MR) is 103 cm³/mol.